The average Bonchev–Trinajstić information content (AvgIpc) is 3.25. The quantitative estimate of drug-likeness (QED) is 0.227. The molecule has 0 atom stereocenters. The number of oxazole rings is 1. The summed E-state index contributed by atoms with van der Waals surface area (Å²) < 4.78 is 13.1. The van der Waals surface area contributed by atoms with Crippen LogP contribution < -0.4 is 10.6 Å². The van der Waals surface area contributed by atoms with Crippen LogP contribution in [-0.4, -0.2) is 45.5 Å². The van der Waals surface area contributed by atoms with Crippen LogP contribution in [0, 0.1) is 6.92 Å². The number of aliphatic imine (C=N–C) groups is 1. The summed E-state index contributed by atoms with van der Waals surface area (Å²) in [4.78, 5) is 8.97. The highest BCUT2D eigenvalue weighted by atomic mass is 127. The molecule has 2 N–H and O–H groups in total. The molecule has 0 saturated carbocycles. The summed E-state index contributed by atoms with van der Waals surface area (Å²) in [5.41, 5.74) is -0.0667. The van der Waals surface area contributed by atoms with Crippen LogP contribution in [0.3, 0.4) is 0 Å². The van der Waals surface area contributed by atoms with E-state index >= 15 is 0 Å². The van der Waals surface area contributed by atoms with Crippen molar-refractivity contribution in [2.45, 2.75) is 59.5 Å². The second-order valence-corrected chi connectivity index (χ2v) is 7.59. The van der Waals surface area contributed by atoms with E-state index < -0.39 is 0 Å². The first-order valence-electron chi connectivity index (χ1n) is 9.71. The molecule has 0 saturated heterocycles. The van der Waals surface area contributed by atoms with Gasteiger partial charge in [0.15, 0.2) is 11.8 Å². The zero-order valence-electron chi connectivity index (χ0n) is 18.3. The third-order valence-electron chi connectivity index (χ3n) is 4.22. The summed E-state index contributed by atoms with van der Waals surface area (Å²) in [6.45, 7) is 13.3. The lowest BCUT2D eigenvalue weighted by Gasteiger charge is -2.14. The van der Waals surface area contributed by atoms with Crippen LogP contribution in [0.15, 0.2) is 15.6 Å². The normalized spacial score (nSPS) is 12.0. The van der Waals surface area contributed by atoms with E-state index in [1.54, 1.807) is 6.20 Å². The second-order valence-electron chi connectivity index (χ2n) is 7.59. The lowest BCUT2D eigenvalue weighted by atomic mass is 9.94. The SMILES string of the molecule is CCOCCCNC(=NCc1nnc(C)n1C)NCc1ncc(C(C)(C)C)o1.I. The van der Waals surface area contributed by atoms with Gasteiger partial charge in [-0.25, -0.2) is 9.98 Å². The largest absolute Gasteiger partial charge is 0.443 e. The number of guanidine groups is 1. The van der Waals surface area contributed by atoms with Gasteiger partial charge in [0.05, 0.1) is 12.7 Å². The molecule has 29 heavy (non-hydrogen) atoms. The van der Waals surface area contributed by atoms with Gasteiger partial charge in [-0.15, -0.1) is 34.2 Å². The van der Waals surface area contributed by atoms with Crippen molar-refractivity contribution in [3.05, 3.63) is 29.5 Å². The maximum absolute atomic E-state index is 5.84. The molecule has 0 bridgehead atoms. The van der Waals surface area contributed by atoms with Crippen molar-refractivity contribution in [2.24, 2.45) is 12.0 Å². The first-order valence-corrected chi connectivity index (χ1v) is 9.71. The van der Waals surface area contributed by atoms with Gasteiger partial charge < -0.3 is 24.4 Å². The van der Waals surface area contributed by atoms with Gasteiger partial charge in [-0.05, 0) is 20.3 Å². The van der Waals surface area contributed by atoms with Gasteiger partial charge in [-0.2, -0.15) is 0 Å². The van der Waals surface area contributed by atoms with E-state index in [9.17, 15) is 0 Å². The minimum Gasteiger partial charge on any atom is -0.443 e. The molecule has 0 spiro atoms. The molecule has 0 amide bonds. The van der Waals surface area contributed by atoms with Crippen LogP contribution in [0.2, 0.25) is 0 Å². The Morgan fingerprint density at radius 1 is 1.28 bits per heavy atom. The number of aryl methyl sites for hydroxylation is 1. The zero-order chi connectivity index (χ0) is 20.6. The number of ether oxygens (including phenoxy) is 1. The van der Waals surface area contributed by atoms with Crippen molar-refractivity contribution < 1.29 is 9.15 Å². The van der Waals surface area contributed by atoms with Gasteiger partial charge in [0.25, 0.3) is 0 Å². The highest BCUT2D eigenvalue weighted by Gasteiger charge is 2.19. The molecule has 0 aliphatic heterocycles. The van der Waals surface area contributed by atoms with Crippen LogP contribution in [-0.2, 0) is 30.3 Å². The first-order chi connectivity index (χ1) is 13.3. The molecule has 0 unspecified atom stereocenters. The maximum Gasteiger partial charge on any atom is 0.213 e. The number of hydrogen-bond acceptors (Lipinski definition) is 6. The number of halogens is 1. The van der Waals surface area contributed by atoms with Crippen LogP contribution in [0.1, 0.15) is 57.4 Å². The van der Waals surface area contributed by atoms with Crippen LogP contribution in [0.4, 0.5) is 0 Å². The highest BCUT2D eigenvalue weighted by Crippen LogP contribution is 2.22. The molecule has 0 aliphatic rings. The number of hydrogen-bond donors (Lipinski definition) is 2. The van der Waals surface area contributed by atoms with Crippen molar-refractivity contribution in [3.63, 3.8) is 0 Å². The second kappa shape index (κ2) is 12.1. The Balaban J connectivity index is 0.00000420. The molecule has 2 aromatic heterocycles. The molecule has 2 heterocycles. The fourth-order valence-electron chi connectivity index (χ4n) is 2.34. The zero-order valence-corrected chi connectivity index (χ0v) is 20.6. The van der Waals surface area contributed by atoms with Crippen LogP contribution >= 0.6 is 24.0 Å². The van der Waals surface area contributed by atoms with E-state index in [4.69, 9.17) is 9.15 Å². The predicted octanol–water partition coefficient (Wildman–Crippen LogP) is 2.69. The molecule has 0 fully saturated rings. The molecule has 2 aromatic rings. The summed E-state index contributed by atoms with van der Waals surface area (Å²) in [5.74, 6) is 3.83. The fourth-order valence-corrected chi connectivity index (χ4v) is 2.34. The lowest BCUT2D eigenvalue weighted by Crippen LogP contribution is -2.38. The lowest BCUT2D eigenvalue weighted by molar-refractivity contribution is 0.145. The molecule has 0 aliphatic carbocycles. The van der Waals surface area contributed by atoms with Gasteiger partial charge >= 0.3 is 0 Å². The third-order valence-corrected chi connectivity index (χ3v) is 4.22. The molecule has 0 aromatic carbocycles. The van der Waals surface area contributed by atoms with E-state index in [2.05, 4.69) is 51.6 Å². The summed E-state index contributed by atoms with van der Waals surface area (Å²) in [5, 5.41) is 14.8. The summed E-state index contributed by atoms with van der Waals surface area (Å²) in [6.07, 6.45) is 2.68. The van der Waals surface area contributed by atoms with E-state index in [1.165, 1.54) is 0 Å². The van der Waals surface area contributed by atoms with Crippen molar-refractivity contribution in [1.82, 2.24) is 30.4 Å². The molecule has 9 nitrogen and oxygen atoms in total. The van der Waals surface area contributed by atoms with E-state index in [-0.39, 0.29) is 29.4 Å². The van der Waals surface area contributed by atoms with Gasteiger partial charge in [-0.1, -0.05) is 20.8 Å². The average molecular weight is 519 g/mol. The fraction of sp³-hybridized carbons (Fsp3) is 0.684. The molecule has 164 valence electrons. The summed E-state index contributed by atoms with van der Waals surface area (Å²) >= 11 is 0. The predicted molar refractivity (Wildman–Crippen MR) is 123 cm³/mol. The maximum atomic E-state index is 5.84. The molecule has 0 radical (unpaired) electrons. The van der Waals surface area contributed by atoms with Crippen LogP contribution in [0.25, 0.3) is 0 Å². The smallest absolute Gasteiger partial charge is 0.213 e. The number of aromatic nitrogens is 4. The molecule has 10 heteroatoms. The minimum atomic E-state index is -0.0667. The molecular formula is C19H34IN7O2. The van der Waals surface area contributed by atoms with Gasteiger partial charge in [0, 0.05) is 32.2 Å². The number of rotatable bonds is 9. The Bertz CT molecular complexity index is 765. The Morgan fingerprint density at radius 3 is 2.62 bits per heavy atom. The van der Waals surface area contributed by atoms with Crippen molar-refractivity contribution in [1.29, 1.82) is 0 Å². The van der Waals surface area contributed by atoms with Gasteiger partial charge in [-0.3, -0.25) is 0 Å². The number of nitrogens with zero attached hydrogens (tertiary/aromatic N) is 5. The monoisotopic (exact) mass is 519 g/mol. The first kappa shape index (κ1) is 25.3. The Hall–Kier alpha value is -1.69. The van der Waals surface area contributed by atoms with E-state index in [0.29, 0.717) is 31.5 Å². The molecule has 2 rings (SSSR count). The van der Waals surface area contributed by atoms with Crippen LogP contribution in [0.5, 0.6) is 0 Å². The minimum absolute atomic E-state index is 0. The van der Waals surface area contributed by atoms with Gasteiger partial charge in [0.1, 0.15) is 18.1 Å². The van der Waals surface area contributed by atoms with Crippen molar-refractivity contribution >= 4 is 29.9 Å². The van der Waals surface area contributed by atoms with E-state index in [0.717, 1.165) is 37.0 Å². The summed E-state index contributed by atoms with van der Waals surface area (Å²) in [6, 6.07) is 0. The van der Waals surface area contributed by atoms with Gasteiger partial charge in [0.2, 0.25) is 5.89 Å². The van der Waals surface area contributed by atoms with Crippen molar-refractivity contribution in [3.8, 4) is 0 Å². The highest BCUT2D eigenvalue weighted by molar-refractivity contribution is 14.0. The topological polar surface area (TPSA) is 102 Å². The summed E-state index contributed by atoms with van der Waals surface area (Å²) in [7, 11) is 1.93. The Kier molecular flexibility index (Phi) is 10.6. The Labute approximate surface area is 190 Å². The Morgan fingerprint density at radius 2 is 2.03 bits per heavy atom. The van der Waals surface area contributed by atoms with Crippen molar-refractivity contribution in [2.75, 3.05) is 19.8 Å². The third kappa shape index (κ3) is 8.29. The standard InChI is InChI=1S/C19H33N7O2.HI/c1-7-27-10-8-9-20-18(22-12-16-25-24-14(2)26(16)6)23-13-17-21-11-15(28-17)19(3,4)5;/h11H,7-10,12-13H2,1-6H3,(H2,20,22,23);1H. The molecular weight excluding hydrogens is 485 g/mol. The van der Waals surface area contributed by atoms with E-state index in [1.807, 2.05) is 25.5 Å². The number of nitrogens with one attached hydrogen (secondary N) is 2.